The van der Waals surface area contributed by atoms with Gasteiger partial charge in [0.15, 0.2) is 5.78 Å². The van der Waals surface area contributed by atoms with Gasteiger partial charge in [-0.2, -0.15) is 0 Å². The smallest absolute Gasteiger partial charge is 0.323 e. The number of carbonyl (C=O) groups is 2. The summed E-state index contributed by atoms with van der Waals surface area (Å²) in [6.45, 7) is 0.893. The molecule has 0 saturated heterocycles. The number of aromatic nitrogens is 2. The molecule has 8 nitrogen and oxygen atoms in total. The minimum Gasteiger partial charge on any atom is -0.368 e. The summed E-state index contributed by atoms with van der Waals surface area (Å²) in [5, 5.41) is 7.67. The second-order valence-electron chi connectivity index (χ2n) is 7.44. The number of nitrogens with one attached hydrogen (secondary N) is 3. The summed E-state index contributed by atoms with van der Waals surface area (Å²) in [7, 11) is 0. The van der Waals surface area contributed by atoms with E-state index in [1.165, 1.54) is 30.5 Å². The average Bonchev–Trinajstić information content (AvgIpc) is 2.82. The predicted octanol–water partition coefficient (Wildman–Crippen LogP) is 4.29. The molecule has 0 radical (unpaired) electrons. The Morgan fingerprint density at radius 2 is 1.60 bits per heavy atom. The largest absolute Gasteiger partial charge is 0.368 e. The molecule has 35 heavy (non-hydrogen) atoms. The second kappa shape index (κ2) is 10.2. The van der Waals surface area contributed by atoms with Crippen molar-refractivity contribution in [2.75, 3.05) is 29.0 Å². The molecule has 178 valence electrons. The highest BCUT2D eigenvalue weighted by Gasteiger charge is 2.17. The molecule has 0 spiro atoms. The van der Waals surface area contributed by atoms with Crippen LogP contribution >= 0.6 is 0 Å². The molecule has 0 bridgehead atoms. The Balaban J connectivity index is 1.55. The highest BCUT2D eigenvalue weighted by molar-refractivity contribution is 6.11. The molecule has 2 amide bonds. The Morgan fingerprint density at radius 1 is 0.857 bits per heavy atom. The number of fused-ring (bicyclic) bond motifs is 1. The van der Waals surface area contributed by atoms with Crippen LogP contribution in [0.4, 0.5) is 35.2 Å². The number of hydrogen-bond donors (Lipinski definition) is 4. The third kappa shape index (κ3) is 5.71. The van der Waals surface area contributed by atoms with E-state index < -0.39 is 29.3 Å². The van der Waals surface area contributed by atoms with Gasteiger partial charge in [-0.25, -0.2) is 22.9 Å². The fourth-order valence-electron chi connectivity index (χ4n) is 3.29. The molecule has 1 aromatic heterocycles. The van der Waals surface area contributed by atoms with Crippen molar-refractivity contribution in [2.24, 2.45) is 5.73 Å². The highest BCUT2D eigenvalue weighted by atomic mass is 19.1. The zero-order valence-corrected chi connectivity index (χ0v) is 18.1. The van der Waals surface area contributed by atoms with Crippen LogP contribution < -0.4 is 21.7 Å². The normalized spacial score (nSPS) is 10.7. The first kappa shape index (κ1) is 23.6. The van der Waals surface area contributed by atoms with Gasteiger partial charge in [0, 0.05) is 36.1 Å². The van der Waals surface area contributed by atoms with Gasteiger partial charge in [-0.1, -0.05) is 0 Å². The molecule has 0 fully saturated rings. The summed E-state index contributed by atoms with van der Waals surface area (Å²) < 4.78 is 41.2. The number of rotatable bonds is 7. The second-order valence-corrected chi connectivity index (χ2v) is 7.44. The fraction of sp³-hybridized carbons (Fsp3) is 0.0833. The summed E-state index contributed by atoms with van der Waals surface area (Å²) in [5.74, 6) is -2.68. The monoisotopic (exact) mass is 480 g/mol. The number of nitrogens with two attached hydrogens (primary N) is 1. The average molecular weight is 480 g/mol. The summed E-state index contributed by atoms with van der Waals surface area (Å²) in [6.07, 6.45) is 1.54. The molecule has 0 aliphatic heterocycles. The topological polar surface area (TPSA) is 122 Å². The van der Waals surface area contributed by atoms with Crippen LogP contribution in [0.1, 0.15) is 15.9 Å². The number of carbonyl (C=O) groups excluding carboxylic acids is 2. The molecule has 1 heterocycles. The van der Waals surface area contributed by atoms with Gasteiger partial charge >= 0.3 is 6.03 Å². The molecule has 0 aliphatic carbocycles. The van der Waals surface area contributed by atoms with E-state index in [-0.39, 0.29) is 22.5 Å². The molecule has 3 aromatic carbocycles. The number of nitrogens with zero attached hydrogens (tertiary/aromatic N) is 2. The van der Waals surface area contributed by atoms with E-state index in [0.717, 1.165) is 18.2 Å². The van der Waals surface area contributed by atoms with Crippen LogP contribution in [0.3, 0.4) is 0 Å². The van der Waals surface area contributed by atoms with Crippen LogP contribution in [0.5, 0.6) is 0 Å². The SMILES string of the molecule is NCCNc1cnc2ccc(C(=O)c3cc(NC(=O)Nc4cc(F)cc(F)c4)ccc3F)cc2n1. The van der Waals surface area contributed by atoms with Gasteiger partial charge < -0.3 is 21.7 Å². The number of amides is 2. The van der Waals surface area contributed by atoms with Gasteiger partial charge in [0.05, 0.1) is 22.8 Å². The van der Waals surface area contributed by atoms with Crippen LogP contribution in [0.2, 0.25) is 0 Å². The first-order valence-electron chi connectivity index (χ1n) is 10.4. The van der Waals surface area contributed by atoms with E-state index in [0.29, 0.717) is 36.0 Å². The number of halogens is 3. The molecule has 0 aliphatic rings. The van der Waals surface area contributed by atoms with E-state index in [1.54, 1.807) is 6.07 Å². The Kier molecular flexibility index (Phi) is 6.88. The number of urea groups is 1. The third-order valence-electron chi connectivity index (χ3n) is 4.84. The number of anilines is 3. The van der Waals surface area contributed by atoms with E-state index in [9.17, 15) is 22.8 Å². The molecule has 0 unspecified atom stereocenters. The van der Waals surface area contributed by atoms with E-state index >= 15 is 0 Å². The maximum atomic E-state index is 14.5. The van der Waals surface area contributed by atoms with E-state index in [1.807, 2.05) is 0 Å². The molecular weight excluding hydrogens is 461 g/mol. The van der Waals surface area contributed by atoms with Gasteiger partial charge in [-0.3, -0.25) is 9.78 Å². The highest BCUT2D eigenvalue weighted by Crippen LogP contribution is 2.22. The third-order valence-corrected chi connectivity index (χ3v) is 4.84. The van der Waals surface area contributed by atoms with Crippen molar-refractivity contribution in [3.63, 3.8) is 0 Å². The Labute approximate surface area is 197 Å². The molecule has 0 atom stereocenters. The lowest BCUT2D eigenvalue weighted by molar-refractivity contribution is 0.103. The number of benzene rings is 3. The number of ketones is 1. The molecular formula is C24H19F3N6O2. The van der Waals surface area contributed by atoms with Crippen molar-refractivity contribution in [1.82, 2.24) is 9.97 Å². The maximum Gasteiger partial charge on any atom is 0.323 e. The Hall–Kier alpha value is -4.51. The van der Waals surface area contributed by atoms with Crippen molar-refractivity contribution in [3.8, 4) is 0 Å². The lowest BCUT2D eigenvalue weighted by Crippen LogP contribution is -2.20. The molecule has 0 saturated carbocycles. The van der Waals surface area contributed by atoms with Gasteiger partial charge in [0.1, 0.15) is 23.3 Å². The van der Waals surface area contributed by atoms with Crippen molar-refractivity contribution >= 4 is 40.0 Å². The van der Waals surface area contributed by atoms with Crippen molar-refractivity contribution < 1.29 is 22.8 Å². The number of hydrogen-bond acceptors (Lipinski definition) is 6. The standard InChI is InChI=1S/C24H19F3N6O2/c25-14-8-15(26)10-17(9-14)32-24(35)31-16-2-3-19(27)18(11-16)23(34)13-1-4-20-21(7-13)33-22(12-30-20)29-6-5-28/h1-4,7-12H,5-6,28H2,(H,29,33)(H2,31,32,35). The lowest BCUT2D eigenvalue weighted by atomic mass is 10.0. The van der Waals surface area contributed by atoms with Crippen LogP contribution in [0, 0.1) is 17.5 Å². The minimum atomic E-state index is -0.864. The first-order valence-corrected chi connectivity index (χ1v) is 10.4. The van der Waals surface area contributed by atoms with Crippen LogP contribution in [0.15, 0.2) is 60.8 Å². The minimum absolute atomic E-state index is 0.0953. The Morgan fingerprint density at radius 3 is 2.34 bits per heavy atom. The Bertz CT molecular complexity index is 1410. The summed E-state index contributed by atoms with van der Waals surface area (Å²) in [4.78, 5) is 33.9. The molecule has 4 aromatic rings. The van der Waals surface area contributed by atoms with Crippen molar-refractivity contribution in [1.29, 1.82) is 0 Å². The van der Waals surface area contributed by atoms with Gasteiger partial charge in [0.25, 0.3) is 0 Å². The molecule has 11 heteroatoms. The zero-order chi connectivity index (χ0) is 24.9. The molecule has 4 rings (SSSR count). The molecule has 5 N–H and O–H groups in total. The summed E-state index contributed by atoms with van der Waals surface area (Å²) in [5.41, 5.74) is 6.30. The van der Waals surface area contributed by atoms with Crippen LogP contribution in [-0.4, -0.2) is 34.9 Å². The van der Waals surface area contributed by atoms with Gasteiger partial charge in [-0.15, -0.1) is 0 Å². The lowest BCUT2D eigenvalue weighted by Gasteiger charge is -2.10. The maximum absolute atomic E-state index is 14.5. The fourth-order valence-corrected chi connectivity index (χ4v) is 3.29. The van der Waals surface area contributed by atoms with Crippen molar-refractivity contribution in [3.05, 3.63) is 89.4 Å². The van der Waals surface area contributed by atoms with Gasteiger partial charge in [-0.05, 0) is 48.5 Å². The van der Waals surface area contributed by atoms with Crippen molar-refractivity contribution in [2.45, 2.75) is 0 Å². The zero-order valence-electron chi connectivity index (χ0n) is 18.1. The quantitative estimate of drug-likeness (QED) is 0.293. The van der Waals surface area contributed by atoms with E-state index in [2.05, 4.69) is 25.9 Å². The predicted molar refractivity (Wildman–Crippen MR) is 126 cm³/mol. The summed E-state index contributed by atoms with van der Waals surface area (Å²) >= 11 is 0. The van der Waals surface area contributed by atoms with Crippen LogP contribution in [-0.2, 0) is 0 Å². The summed E-state index contributed by atoms with van der Waals surface area (Å²) in [6, 6.07) is 9.71. The first-order chi connectivity index (χ1) is 16.8. The van der Waals surface area contributed by atoms with Gasteiger partial charge in [0.2, 0.25) is 0 Å². The van der Waals surface area contributed by atoms with Crippen LogP contribution in [0.25, 0.3) is 11.0 Å². The van der Waals surface area contributed by atoms with E-state index in [4.69, 9.17) is 5.73 Å².